The number of halogens is 1. The monoisotopic (exact) mass is 415 g/mol. The van der Waals surface area contributed by atoms with Gasteiger partial charge in [-0.25, -0.2) is 13.2 Å². The van der Waals surface area contributed by atoms with E-state index in [-0.39, 0.29) is 16.4 Å². The number of carbonyl (C=O) groups is 2. The summed E-state index contributed by atoms with van der Waals surface area (Å²) < 4.78 is 32.5. The number of carbonyl (C=O) groups excluding carboxylic acids is 1. The highest BCUT2D eigenvalue weighted by Gasteiger charge is 2.30. The molecule has 1 aromatic heterocycles. The highest BCUT2D eigenvalue weighted by Crippen LogP contribution is 2.24. The Kier molecular flexibility index (Phi) is 6.24. The third-order valence-electron chi connectivity index (χ3n) is 3.58. The Morgan fingerprint density at radius 3 is 2.44 bits per heavy atom. The quantitative estimate of drug-likeness (QED) is 0.630. The molecule has 2 aromatic rings. The van der Waals surface area contributed by atoms with Crippen LogP contribution in [-0.2, 0) is 14.8 Å². The largest absolute Gasteiger partial charge is 0.478 e. The minimum Gasteiger partial charge on any atom is -0.478 e. The Balaban J connectivity index is 2.30. The van der Waals surface area contributed by atoms with Crippen LogP contribution in [0.15, 0.2) is 33.7 Å². The van der Waals surface area contributed by atoms with Gasteiger partial charge in [0.25, 0.3) is 0 Å². The number of nitrogens with zero attached hydrogens (tertiary/aromatic N) is 1. The second-order valence-corrected chi connectivity index (χ2v) is 8.19. The molecule has 0 aliphatic heterocycles. The maximum absolute atomic E-state index is 12.7. The van der Waals surface area contributed by atoms with Gasteiger partial charge in [-0.1, -0.05) is 30.6 Å². The summed E-state index contributed by atoms with van der Waals surface area (Å²) in [6, 6.07) is 3.61. The highest BCUT2D eigenvalue weighted by molar-refractivity contribution is 7.89. The van der Waals surface area contributed by atoms with Crippen LogP contribution >= 0.6 is 11.6 Å². The first-order valence-corrected chi connectivity index (χ1v) is 9.66. The fraction of sp³-hybridized carbons (Fsp3) is 0.312. The molecule has 0 aliphatic carbocycles. The molecular formula is C16H18ClN3O6S. The summed E-state index contributed by atoms with van der Waals surface area (Å²) in [6.45, 7) is 4.94. The maximum Gasteiger partial charge on any atom is 0.335 e. The van der Waals surface area contributed by atoms with Crippen LogP contribution in [-0.4, -0.2) is 36.6 Å². The normalized spacial score (nSPS) is 12.8. The molecule has 1 aromatic carbocycles. The van der Waals surface area contributed by atoms with Crippen molar-refractivity contribution in [1.82, 2.24) is 9.88 Å². The molecule has 3 N–H and O–H groups in total. The smallest absolute Gasteiger partial charge is 0.335 e. The van der Waals surface area contributed by atoms with E-state index in [2.05, 4.69) is 15.2 Å². The lowest BCUT2D eigenvalue weighted by molar-refractivity contribution is -0.118. The number of aromatic carboxylic acids is 1. The average Bonchev–Trinajstić information content (AvgIpc) is 2.97. The van der Waals surface area contributed by atoms with Gasteiger partial charge in [-0.3, -0.25) is 4.79 Å². The summed E-state index contributed by atoms with van der Waals surface area (Å²) in [5.74, 6) is -1.75. The van der Waals surface area contributed by atoms with Gasteiger partial charge < -0.3 is 14.9 Å². The fourth-order valence-electron chi connectivity index (χ4n) is 2.19. The molecule has 0 aliphatic rings. The van der Waals surface area contributed by atoms with Crippen LogP contribution in [0.25, 0.3) is 0 Å². The number of aromatic nitrogens is 1. The number of sulfonamides is 1. The van der Waals surface area contributed by atoms with Crippen LogP contribution in [0.1, 0.15) is 30.0 Å². The number of carboxylic acid groups (broad SMARTS) is 1. The molecule has 1 heterocycles. The van der Waals surface area contributed by atoms with E-state index in [0.717, 1.165) is 6.07 Å². The Morgan fingerprint density at radius 2 is 1.93 bits per heavy atom. The van der Waals surface area contributed by atoms with E-state index in [4.69, 9.17) is 21.2 Å². The van der Waals surface area contributed by atoms with Crippen LogP contribution in [0.3, 0.4) is 0 Å². The molecule has 0 radical (unpaired) electrons. The number of benzene rings is 1. The first kappa shape index (κ1) is 20.9. The number of rotatable bonds is 7. The molecular weight excluding hydrogens is 398 g/mol. The van der Waals surface area contributed by atoms with Crippen molar-refractivity contribution in [3.05, 3.63) is 40.6 Å². The molecule has 9 nitrogen and oxygen atoms in total. The third-order valence-corrected chi connectivity index (χ3v) is 5.50. The zero-order valence-corrected chi connectivity index (χ0v) is 16.3. The molecule has 11 heteroatoms. The van der Waals surface area contributed by atoms with Gasteiger partial charge >= 0.3 is 5.97 Å². The number of hydrogen-bond donors (Lipinski definition) is 3. The minimum atomic E-state index is -4.27. The number of anilines is 1. The number of amides is 1. The first-order chi connectivity index (χ1) is 12.5. The van der Waals surface area contributed by atoms with Crippen molar-refractivity contribution in [2.75, 3.05) is 5.32 Å². The molecule has 0 unspecified atom stereocenters. The Morgan fingerprint density at radius 1 is 1.26 bits per heavy atom. The van der Waals surface area contributed by atoms with Crippen molar-refractivity contribution >= 4 is 39.3 Å². The first-order valence-electron chi connectivity index (χ1n) is 7.80. The van der Waals surface area contributed by atoms with Crippen LogP contribution < -0.4 is 10.0 Å². The maximum atomic E-state index is 12.7. The summed E-state index contributed by atoms with van der Waals surface area (Å²) in [5, 5.41) is 15.0. The number of hydrogen-bond acceptors (Lipinski definition) is 6. The highest BCUT2D eigenvalue weighted by atomic mass is 35.5. The predicted molar refractivity (Wildman–Crippen MR) is 97.2 cm³/mol. The number of carboxylic acids is 1. The molecule has 1 amide bonds. The molecule has 0 saturated carbocycles. The molecule has 1 atom stereocenters. The molecule has 2 rings (SSSR count). The topological polar surface area (TPSA) is 139 Å². The second-order valence-electron chi connectivity index (χ2n) is 6.11. The van der Waals surface area contributed by atoms with Crippen LogP contribution in [0.2, 0.25) is 5.02 Å². The SMILES string of the molecule is Cc1cc(NC(=O)[C@@H](NS(=O)(=O)c2cc(C(=O)O)ccc2Cl)C(C)C)no1. The Bertz CT molecular complexity index is 970. The van der Waals surface area contributed by atoms with Gasteiger partial charge in [-0.15, -0.1) is 0 Å². The van der Waals surface area contributed by atoms with Crippen LogP contribution in [0, 0.1) is 12.8 Å². The van der Waals surface area contributed by atoms with E-state index in [9.17, 15) is 18.0 Å². The summed E-state index contributed by atoms with van der Waals surface area (Å²) in [7, 11) is -4.27. The van der Waals surface area contributed by atoms with Crippen molar-refractivity contribution in [3.63, 3.8) is 0 Å². The summed E-state index contributed by atoms with van der Waals surface area (Å²) in [5.41, 5.74) is -0.247. The third kappa shape index (κ3) is 5.06. The molecule has 0 fully saturated rings. The zero-order chi connectivity index (χ0) is 20.4. The lowest BCUT2D eigenvalue weighted by Gasteiger charge is -2.21. The van der Waals surface area contributed by atoms with Gasteiger partial charge in [-0.05, 0) is 31.0 Å². The second kappa shape index (κ2) is 8.07. The Hall–Kier alpha value is -2.43. The Labute approximate surface area is 160 Å². The fourth-order valence-corrected chi connectivity index (χ4v) is 4.06. The average molecular weight is 416 g/mol. The summed E-state index contributed by atoms with van der Waals surface area (Å²) >= 11 is 5.93. The van der Waals surface area contributed by atoms with Gasteiger partial charge in [-0.2, -0.15) is 4.72 Å². The van der Waals surface area contributed by atoms with Crippen LogP contribution in [0.4, 0.5) is 5.82 Å². The van der Waals surface area contributed by atoms with E-state index in [1.165, 1.54) is 18.2 Å². The van der Waals surface area contributed by atoms with Crippen LogP contribution in [0.5, 0.6) is 0 Å². The van der Waals surface area contributed by atoms with Gasteiger partial charge in [0.15, 0.2) is 5.82 Å². The van der Waals surface area contributed by atoms with Gasteiger partial charge in [0.05, 0.1) is 10.6 Å². The minimum absolute atomic E-state index is 0.147. The van der Waals surface area contributed by atoms with E-state index >= 15 is 0 Å². The standard InChI is InChI=1S/C16H18ClN3O6S/c1-8(2)14(15(21)18-13-6-9(3)26-19-13)20-27(24,25)12-7-10(16(22)23)4-5-11(12)17/h4-8,14,20H,1-3H3,(H,22,23)(H,18,19,21)/t14-/m0/s1. The van der Waals surface area contributed by atoms with E-state index in [0.29, 0.717) is 5.76 Å². The van der Waals surface area contributed by atoms with E-state index in [1.54, 1.807) is 20.8 Å². The molecule has 0 spiro atoms. The van der Waals surface area contributed by atoms with Gasteiger partial charge in [0.1, 0.15) is 16.7 Å². The van der Waals surface area contributed by atoms with Gasteiger partial charge in [0, 0.05) is 6.07 Å². The number of aryl methyl sites for hydroxylation is 1. The van der Waals surface area contributed by atoms with E-state index in [1.807, 2.05) is 0 Å². The van der Waals surface area contributed by atoms with Gasteiger partial charge in [0.2, 0.25) is 15.9 Å². The molecule has 146 valence electrons. The molecule has 0 saturated heterocycles. The lowest BCUT2D eigenvalue weighted by atomic mass is 10.1. The molecule has 27 heavy (non-hydrogen) atoms. The summed E-state index contributed by atoms with van der Waals surface area (Å²) in [4.78, 5) is 23.2. The lowest BCUT2D eigenvalue weighted by Crippen LogP contribution is -2.47. The van der Waals surface area contributed by atoms with Crippen molar-refractivity contribution in [2.45, 2.75) is 31.7 Å². The van der Waals surface area contributed by atoms with Crippen molar-refractivity contribution in [3.8, 4) is 0 Å². The zero-order valence-electron chi connectivity index (χ0n) is 14.7. The van der Waals surface area contributed by atoms with Crippen molar-refractivity contribution in [2.24, 2.45) is 5.92 Å². The van der Waals surface area contributed by atoms with E-state index < -0.39 is 38.8 Å². The number of nitrogens with one attached hydrogen (secondary N) is 2. The summed E-state index contributed by atoms with van der Waals surface area (Å²) in [6.07, 6.45) is 0. The van der Waals surface area contributed by atoms with Crippen molar-refractivity contribution in [1.29, 1.82) is 0 Å². The predicted octanol–water partition coefficient (Wildman–Crippen LogP) is 2.28. The molecule has 0 bridgehead atoms. The van der Waals surface area contributed by atoms with Crippen molar-refractivity contribution < 1.29 is 27.6 Å².